The van der Waals surface area contributed by atoms with Gasteiger partial charge in [0.2, 0.25) is 17.7 Å². The lowest BCUT2D eigenvalue weighted by molar-refractivity contribution is -0.136. The number of aryl methyl sites for hydroxylation is 2. The number of fused-ring (bicyclic) bond motifs is 1. The van der Waals surface area contributed by atoms with Gasteiger partial charge < -0.3 is 14.6 Å². The van der Waals surface area contributed by atoms with Gasteiger partial charge in [0.25, 0.3) is 24.1 Å². The number of amides is 5. The highest BCUT2D eigenvalue weighted by Crippen LogP contribution is 2.30. The van der Waals surface area contributed by atoms with E-state index in [0.717, 1.165) is 28.7 Å². The number of imide groups is 2. The first kappa shape index (κ1) is 40.6. The molecule has 1 fully saturated rings. The third-order valence-corrected chi connectivity index (χ3v) is 9.83. The maximum absolute atomic E-state index is 14.0. The number of nitrogens with zero attached hydrogens (tertiary/aromatic N) is 6. The molecule has 7 rings (SSSR count). The molecule has 0 bridgehead atoms. The number of anilines is 1. The van der Waals surface area contributed by atoms with Crippen LogP contribution >= 0.6 is 0 Å². The van der Waals surface area contributed by atoms with Gasteiger partial charge in [-0.05, 0) is 86.8 Å². The summed E-state index contributed by atoms with van der Waals surface area (Å²) < 4.78 is 72.6. The van der Waals surface area contributed by atoms with Crippen LogP contribution in [0, 0.1) is 0 Å². The standard InChI is InChI=1S/C40H35F5N8O6/c1-51(16-2-3-22-6-9-27-28(17-22)39(58)53(38(27)57)31-10-11-32(54)49-36(31)56)19-23-4-7-26(8-5-23)52-20-29(33(50-52)34(41)42)47-35(55)30-21-59-37(48-30)24-13-15-46-25(18-24)12-14-40(43,44)45/h4-9,13,15,17-18,20-21,31,34H,2-3,10-12,14,16,19H2,1H3,(H,47,55)(H,49,54,56). The molecule has 5 aromatic rings. The van der Waals surface area contributed by atoms with Crippen molar-refractivity contribution in [2.45, 2.75) is 63.7 Å². The summed E-state index contributed by atoms with van der Waals surface area (Å²) in [6.07, 6.45) is -3.85. The molecule has 59 heavy (non-hydrogen) atoms. The Hall–Kier alpha value is -6.63. The van der Waals surface area contributed by atoms with Crippen LogP contribution in [0.2, 0.25) is 0 Å². The normalized spacial score (nSPS) is 15.7. The third-order valence-electron chi connectivity index (χ3n) is 9.83. The molecule has 0 radical (unpaired) electrons. The van der Waals surface area contributed by atoms with Crippen LogP contribution in [-0.2, 0) is 29.0 Å². The largest absolute Gasteiger partial charge is 0.444 e. The summed E-state index contributed by atoms with van der Waals surface area (Å²) in [6, 6.07) is 13.8. The SMILES string of the molecule is CN(CCCc1ccc2c(c1)C(=O)N(C1CCC(=O)NC1=O)C2=O)Cc1ccc(-n2cc(NC(=O)c3coc(-c4ccnc(CCC(F)(F)F)c4)n3)c(C(F)F)n2)cc1. The molecule has 5 amide bonds. The second kappa shape index (κ2) is 16.7. The molecule has 19 heteroatoms. The van der Waals surface area contributed by atoms with E-state index in [2.05, 4.69) is 30.6 Å². The number of carbonyl (C=O) groups is 5. The minimum absolute atomic E-state index is 0.0401. The lowest BCUT2D eigenvalue weighted by atomic mass is 10.0. The first-order chi connectivity index (χ1) is 28.1. The Labute approximate surface area is 332 Å². The van der Waals surface area contributed by atoms with Crippen molar-refractivity contribution in [1.29, 1.82) is 0 Å². The molecule has 2 N–H and O–H groups in total. The minimum atomic E-state index is -4.36. The zero-order valence-corrected chi connectivity index (χ0v) is 31.3. The Morgan fingerprint density at radius 3 is 2.47 bits per heavy atom. The van der Waals surface area contributed by atoms with Gasteiger partial charge in [-0.1, -0.05) is 18.2 Å². The lowest BCUT2D eigenvalue weighted by Crippen LogP contribution is -2.54. The Bertz CT molecular complexity index is 2430. The van der Waals surface area contributed by atoms with E-state index in [0.29, 0.717) is 25.2 Å². The number of oxazole rings is 1. The van der Waals surface area contributed by atoms with Crippen LogP contribution in [-0.4, -0.2) is 84.9 Å². The number of aromatic nitrogens is 4. The van der Waals surface area contributed by atoms with E-state index in [4.69, 9.17) is 4.42 Å². The summed E-state index contributed by atoms with van der Waals surface area (Å²) in [5.41, 5.74) is 1.89. The Morgan fingerprint density at radius 1 is 1.00 bits per heavy atom. The molecule has 5 heterocycles. The summed E-state index contributed by atoms with van der Waals surface area (Å²) in [5, 5.41) is 8.56. The topological polar surface area (TPSA) is 173 Å². The number of benzene rings is 2. The molecule has 1 unspecified atom stereocenters. The Morgan fingerprint density at radius 2 is 1.75 bits per heavy atom. The average Bonchev–Trinajstić information content (AvgIpc) is 3.92. The van der Waals surface area contributed by atoms with E-state index < -0.39 is 60.3 Å². The van der Waals surface area contributed by atoms with Crippen molar-refractivity contribution in [3.63, 3.8) is 0 Å². The van der Waals surface area contributed by atoms with Gasteiger partial charge in [-0.25, -0.2) is 18.4 Å². The van der Waals surface area contributed by atoms with Crippen molar-refractivity contribution in [3.05, 3.63) is 113 Å². The van der Waals surface area contributed by atoms with Crippen LogP contribution in [0.4, 0.5) is 27.6 Å². The highest BCUT2D eigenvalue weighted by molar-refractivity contribution is 6.23. The Kier molecular flexibility index (Phi) is 11.5. The Balaban J connectivity index is 0.926. The molecule has 306 valence electrons. The maximum Gasteiger partial charge on any atom is 0.389 e. The molecular weight excluding hydrogens is 783 g/mol. The fourth-order valence-electron chi connectivity index (χ4n) is 6.86. The quantitative estimate of drug-likeness (QED) is 0.0990. The van der Waals surface area contributed by atoms with Gasteiger partial charge in [-0.3, -0.25) is 39.2 Å². The molecule has 3 aromatic heterocycles. The molecule has 1 atom stereocenters. The van der Waals surface area contributed by atoms with E-state index in [9.17, 15) is 45.9 Å². The highest BCUT2D eigenvalue weighted by atomic mass is 19.4. The van der Waals surface area contributed by atoms with E-state index >= 15 is 0 Å². The highest BCUT2D eigenvalue weighted by Gasteiger charge is 2.44. The average molecular weight is 819 g/mol. The number of hydrogen-bond acceptors (Lipinski definition) is 10. The molecule has 0 spiro atoms. The first-order valence-electron chi connectivity index (χ1n) is 18.4. The second-order valence-corrected chi connectivity index (χ2v) is 14.2. The first-order valence-corrected chi connectivity index (χ1v) is 18.4. The summed E-state index contributed by atoms with van der Waals surface area (Å²) >= 11 is 0. The zero-order valence-electron chi connectivity index (χ0n) is 31.3. The number of piperidine rings is 1. The number of halogens is 5. The van der Waals surface area contributed by atoms with Crippen molar-refractivity contribution in [2.24, 2.45) is 0 Å². The monoisotopic (exact) mass is 818 g/mol. The minimum Gasteiger partial charge on any atom is -0.444 e. The molecule has 2 aromatic carbocycles. The summed E-state index contributed by atoms with van der Waals surface area (Å²) in [5.74, 6) is -3.17. The molecule has 2 aliphatic rings. The smallest absolute Gasteiger partial charge is 0.389 e. The van der Waals surface area contributed by atoms with E-state index in [1.165, 1.54) is 29.2 Å². The third kappa shape index (κ3) is 9.25. The van der Waals surface area contributed by atoms with E-state index in [1.54, 1.807) is 30.3 Å². The molecule has 0 aliphatic carbocycles. The zero-order chi connectivity index (χ0) is 42.0. The fourth-order valence-corrected chi connectivity index (χ4v) is 6.86. The van der Waals surface area contributed by atoms with Crippen molar-refractivity contribution in [3.8, 4) is 17.1 Å². The van der Waals surface area contributed by atoms with Crippen LogP contribution in [0.3, 0.4) is 0 Å². The van der Waals surface area contributed by atoms with Gasteiger partial charge in [0, 0.05) is 36.8 Å². The number of pyridine rings is 1. The predicted molar refractivity (Wildman–Crippen MR) is 198 cm³/mol. The van der Waals surface area contributed by atoms with E-state index in [1.807, 2.05) is 19.2 Å². The molecule has 0 saturated carbocycles. The van der Waals surface area contributed by atoms with Gasteiger partial charge >= 0.3 is 6.18 Å². The lowest BCUT2D eigenvalue weighted by Gasteiger charge is -2.27. The molecule has 1 saturated heterocycles. The maximum atomic E-state index is 14.0. The van der Waals surface area contributed by atoms with Gasteiger partial charge in [0.1, 0.15) is 12.3 Å². The van der Waals surface area contributed by atoms with Crippen LogP contribution in [0.25, 0.3) is 17.1 Å². The number of rotatable bonds is 14. The van der Waals surface area contributed by atoms with Crippen molar-refractivity contribution < 1.29 is 50.3 Å². The van der Waals surface area contributed by atoms with Gasteiger partial charge in [-0.2, -0.15) is 18.3 Å². The molecular formula is C40H35F5N8O6. The van der Waals surface area contributed by atoms with Crippen LogP contribution in [0.5, 0.6) is 0 Å². The van der Waals surface area contributed by atoms with Crippen LogP contribution in [0.1, 0.15) is 85.8 Å². The van der Waals surface area contributed by atoms with E-state index in [-0.39, 0.29) is 58.9 Å². The summed E-state index contributed by atoms with van der Waals surface area (Å²) in [4.78, 5) is 74.1. The number of carbonyl (C=O) groups excluding carboxylic acids is 5. The number of nitrogens with one attached hydrogen (secondary N) is 2. The fraction of sp³-hybridized carbons (Fsp3) is 0.300. The van der Waals surface area contributed by atoms with Gasteiger partial charge in [-0.15, -0.1) is 0 Å². The summed E-state index contributed by atoms with van der Waals surface area (Å²) in [6.45, 7) is 1.22. The number of hydrogen-bond donors (Lipinski definition) is 2. The van der Waals surface area contributed by atoms with Crippen molar-refractivity contribution >= 4 is 35.2 Å². The van der Waals surface area contributed by atoms with Crippen LogP contribution < -0.4 is 10.6 Å². The van der Waals surface area contributed by atoms with Crippen molar-refractivity contribution in [2.75, 3.05) is 18.9 Å². The predicted octanol–water partition coefficient (Wildman–Crippen LogP) is 6.07. The molecule has 14 nitrogen and oxygen atoms in total. The van der Waals surface area contributed by atoms with Crippen molar-refractivity contribution in [1.82, 2.24) is 34.9 Å². The second-order valence-electron chi connectivity index (χ2n) is 14.2. The van der Waals surface area contributed by atoms with Gasteiger partial charge in [0.05, 0.1) is 28.7 Å². The number of alkyl halides is 5. The molecule has 2 aliphatic heterocycles. The van der Waals surface area contributed by atoms with Crippen LogP contribution in [0.15, 0.2) is 77.7 Å². The summed E-state index contributed by atoms with van der Waals surface area (Å²) in [7, 11) is 1.93. The van der Waals surface area contributed by atoms with Gasteiger partial charge in [0.15, 0.2) is 11.4 Å².